The monoisotopic (exact) mass is 426 g/mol. The number of hydrogen-bond acceptors (Lipinski definition) is 5. The first-order valence-corrected chi connectivity index (χ1v) is 11.5. The highest BCUT2D eigenvalue weighted by atomic mass is 32.2. The highest BCUT2D eigenvalue weighted by Crippen LogP contribution is 2.28. The molecule has 6 nitrogen and oxygen atoms in total. The maximum atomic E-state index is 12.7. The summed E-state index contributed by atoms with van der Waals surface area (Å²) < 4.78 is 37.7. The van der Waals surface area contributed by atoms with Gasteiger partial charge in [-0.15, -0.1) is 0 Å². The molecule has 0 bridgehead atoms. The Labute approximate surface area is 177 Å². The molecule has 3 aromatic carbocycles. The summed E-state index contributed by atoms with van der Waals surface area (Å²) >= 11 is 0. The zero-order valence-electron chi connectivity index (χ0n) is 17.0. The van der Waals surface area contributed by atoms with Gasteiger partial charge in [-0.1, -0.05) is 42.5 Å². The molecule has 0 amide bonds. The number of benzene rings is 3. The zero-order chi connectivity index (χ0) is 21.0. The minimum Gasteiger partial charge on any atom is -0.496 e. The molecule has 0 aromatic heterocycles. The van der Waals surface area contributed by atoms with Gasteiger partial charge >= 0.3 is 0 Å². The molecule has 3 aromatic rings. The summed E-state index contributed by atoms with van der Waals surface area (Å²) in [5.74, 6) is 0.855. The highest BCUT2D eigenvalue weighted by Gasteiger charge is 2.26. The summed E-state index contributed by atoms with van der Waals surface area (Å²) in [5, 5.41) is 5.79. The quantitative estimate of drug-likeness (QED) is 0.629. The fraction of sp³-hybridized carbons (Fsp3) is 0.304. The molecule has 0 saturated carbocycles. The highest BCUT2D eigenvalue weighted by molar-refractivity contribution is 7.89. The van der Waals surface area contributed by atoms with Crippen molar-refractivity contribution in [2.75, 3.05) is 33.4 Å². The van der Waals surface area contributed by atoms with Gasteiger partial charge in [0.1, 0.15) is 5.75 Å². The molecule has 0 aliphatic carbocycles. The van der Waals surface area contributed by atoms with Crippen molar-refractivity contribution in [2.24, 2.45) is 0 Å². The summed E-state index contributed by atoms with van der Waals surface area (Å²) in [6.45, 7) is 2.97. The lowest BCUT2D eigenvalue weighted by atomic mass is 10.0. The van der Waals surface area contributed by atoms with Crippen molar-refractivity contribution >= 4 is 20.8 Å². The number of fused-ring (bicyclic) bond motifs is 1. The number of rotatable bonds is 7. The van der Waals surface area contributed by atoms with E-state index in [0.29, 0.717) is 44.3 Å². The second-order valence-electron chi connectivity index (χ2n) is 7.23. The van der Waals surface area contributed by atoms with Crippen LogP contribution < -0.4 is 10.1 Å². The van der Waals surface area contributed by atoms with Crippen molar-refractivity contribution < 1.29 is 17.9 Å². The Morgan fingerprint density at radius 3 is 2.43 bits per heavy atom. The molecule has 7 heteroatoms. The molecule has 1 N–H and O–H groups in total. The third-order valence-corrected chi connectivity index (χ3v) is 7.29. The molecule has 0 radical (unpaired) electrons. The lowest BCUT2D eigenvalue weighted by Crippen LogP contribution is -2.40. The maximum Gasteiger partial charge on any atom is 0.243 e. The first kappa shape index (κ1) is 20.8. The van der Waals surface area contributed by atoms with E-state index in [1.54, 1.807) is 19.2 Å². The van der Waals surface area contributed by atoms with Gasteiger partial charge in [-0.05, 0) is 34.5 Å². The lowest BCUT2D eigenvalue weighted by molar-refractivity contribution is 0.0730. The third kappa shape index (κ3) is 4.34. The minimum atomic E-state index is -3.46. The van der Waals surface area contributed by atoms with E-state index in [2.05, 4.69) is 23.5 Å². The Hall–Kier alpha value is -2.45. The number of ether oxygens (including phenoxy) is 2. The van der Waals surface area contributed by atoms with Crippen LogP contribution in [0, 0.1) is 0 Å². The molecule has 0 spiro atoms. The number of morpholine rings is 1. The fourth-order valence-electron chi connectivity index (χ4n) is 3.74. The van der Waals surface area contributed by atoms with Crippen LogP contribution >= 0.6 is 0 Å². The van der Waals surface area contributed by atoms with Crippen LogP contribution in [-0.4, -0.2) is 46.1 Å². The first-order chi connectivity index (χ1) is 14.6. The predicted octanol–water partition coefficient (Wildman–Crippen LogP) is 3.16. The summed E-state index contributed by atoms with van der Waals surface area (Å²) in [5.41, 5.74) is 2.14. The van der Waals surface area contributed by atoms with Crippen molar-refractivity contribution in [1.82, 2.24) is 9.62 Å². The van der Waals surface area contributed by atoms with E-state index < -0.39 is 10.0 Å². The molecule has 1 fully saturated rings. The SMILES string of the molecule is COc1ccc2ccccc2c1CNCc1ccc(S(=O)(=O)N2CCOCC2)cc1. The topological polar surface area (TPSA) is 67.9 Å². The van der Waals surface area contributed by atoms with Gasteiger partial charge in [0.2, 0.25) is 10.0 Å². The van der Waals surface area contributed by atoms with E-state index in [9.17, 15) is 8.42 Å². The molecule has 1 heterocycles. The van der Waals surface area contributed by atoms with Crippen LogP contribution in [0.15, 0.2) is 65.6 Å². The van der Waals surface area contributed by atoms with Crippen molar-refractivity contribution in [1.29, 1.82) is 0 Å². The third-order valence-electron chi connectivity index (χ3n) is 5.38. The van der Waals surface area contributed by atoms with Gasteiger partial charge in [0.05, 0.1) is 25.2 Å². The average molecular weight is 427 g/mol. The van der Waals surface area contributed by atoms with Crippen molar-refractivity contribution in [3.8, 4) is 5.75 Å². The van der Waals surface area contributed by atoms with Crippen LogP contribution in [0.3, 0.4) is 0 Å². The number of sulfonamides is 1. The van der Waals surface area contributed by atoms with E-state index >= 15 is 0 Å². The van der Waals surface area contributed by atoms with Crippen molar-refractivity contribution in [2.45, 2.75) is 18.0 Å². The Balaban J connectivity index is 1.44. The maximum absolute atomic E-state index is 12.7. The van der Waals surface area contributed by atoms with Crippen LogP contribution in [-0.2, 0) is 27.8 Å². The number of nitrogens with one attached hydrogen (secondary N) is 1. The van der Waals surface area contributed by atoms with E-state index in [0.717, 1.165) is 22.3 Å². The van der Waals surface area contributed by atoms with Gasteiger partial charge in [-0.25, -0.2) is 8.42 Å². The number of methoxy groups -OCH3 is 1. The second kappa shape index (κ2) is 9.14. The van der Waals surface area contributed by atoms with Crippen LogP contribution in [0.2, 0.25) is 0 Å². The molecule has 30 heavy (non-hydrogen) atoms. The molecule has 4 rings (SSSR count). The van der Waals surface area contributed by atoms with Crippen molar-refractivity contribution in [3.63, 3.8) is 0 Å². The van der Waals surface area contributed by atoms with E-state index in [1.165, 1.54) is 9.69 Å². The molecular formula is C23H26N2O4S. The first-order valence-electron chi connectivity index (χ1n) is 10.0. The molecule has 0 atom stereocenters. The zero-order valence-corrected chi connectivity index (χ0v) is 17.8. The summed E-state index contributed by atoms with van der Waals surface area (Å²) in [6.07, 6.45) is 0. The van der Waals surface area contributed by atoms with E-state index in [-0.39, 0.29) is 0 Å². The van der Waals surface area contributed by atoms with Gasteiger partial charge in [0.25, 0.3) is 0 Å². The lowest BCUT2D eigenvalue weighted by Gasteiger charge is -2.26. The normalized spacial score (nSPS) is 15.4. The fourth-order valence-corrected chi connectivity index (χ4v) is 5.14. The summed E-state index contributed by atoms with van der Waals surface area (Å²) in [6, 6.07) is 19.4. The largest absolute Gasteiger partial charge is 0.496 e. The van der Waals surface area contributed by atoms with Gasteiger partial charge in [0, 0.05) is 31.7 Å². The number of hydrogen-bond donors (Lipinski definition) is 1. The average Bonchev–Trinajstić information content (AvgIpc) is 2.80. The van der Waals surface area contributed by atoms with Gasteiger partial charge in [-0.2, -0.15) is 4.31 Å². The predicted molar refractivity (Wildman–Crippen MR) is 117 cm³/mol. The standard InChI is InChI=1S/C23H26N2O4S/c1-28-23-11-8-19-4-2-3-5-21(19)22(23)17-24-16-18-6-9-20(10-7-18)30(26,27)25-12-14-29-15-13-25/h2-11,24H,12-17H2,1H3. The van der Waals surface area contributed by atoms with Crippen LogP contribution in [0.5, 0.6) is 5.75 Å². The smallest absolute Gasteiger partial charge is 0.243 e. The Morgan fingerprint density at radius 1 is 0.967 bits per heavy atom. The van der Waals surface area contributed by atoms with Gasteiger partial charge < -0.3 is 14.8 Å². The molecule has 158 valence electrons. The molecule has 1 saturated heterocycles. The van der Waals surface area contributed by atoms with E-state index in [4.69, 9.17) is 9.47 Å². The number of nitrogens with zero attached hydrogens (tertiary/aromatic N) is 1. The van der Waals surface area contributed by atoms with Crippen LogP contribution in [0.25, 0.3) is 10.8 Å². The molecule has 1 aliphatic heterocycles. The summed E-state index contributed by atoms with van der Waals surface area (Å²) in [7, 11) is -1.78. The molecule has 1 aliphatic rings. The minimum absolute atomic E-state index is 0.323. The molecule has 0 unspecified atom stereocenters. The Bertz CT molecular complexity index is 1110. The Kier molecular flexibility index (Phi) is 6.34. The van der Waals surface area contributed by atoms with Crippen LogP contribution in [0.4, 0.5) is 0 Å². The second-order valence-corrected chi connectivity index (χ2v) is 9.17. The van der Waals surface area contributed by atoms with Gasteiger partial charge in [0.15, 0.2) is 0 Å². The van der Waals surface area contributed by atoms with Crippen molar-refractivity contribution in [3.05, 3.63) is 71.8 Å². The van der Waals surface area contributed by atoms with Crippen LogP contribution in [0.1, 0.15) is 11.1 Å². The summed E-state index contributed by atoms with van der Waals surface area (Å²) in [4.78, 5) is 0.323. The van der Waals surface area contributed by atoms with E-state index in [1.807, 2.05) is 30.3 Å². The Morgan fingerprint density at radius 2 is 1.70 bits per heavy atom. The van der Waals surface area contributed by atoms with Gasteiger partial charge in [-0.3, -0.25) is 0 Å². The molecular weight excluding hydrogens is 400 g/mol.